The lowest BCUT2D eigenvalue weighted by molar-refractivity contribution is 0.0694. The van der Waals surface area contributed by atoms with E-state index in [1.54, 1.807) is 0 Å². The molecule has 0 amide bonds. The Balaban J connectivity index is 3.61. The monoisotopic (exact) mass is 302 g/mol. The maximum Gasteiger partial charge on any atom is 0.336 e. The minimum absolute atomic E-state index is 0.0651. The quantitative estimate of drug-likeness (QED) is 0.927. The maximum atomic E-state index is 11.2. The molecule has 0 saturated heterocycles. The molecule has 0 aliphatic carbocycles. The van der Waals surface area contributed by atoms with Crippen molar-refractivity contribution in [2.75, 3.05) is 14.2 Å². The summed E-state index contributed by atoms with van der Waals surface area (Å²) >= 11 is 3.38. The van der Waals surface area contributed by atoms with Crippen molar-refractivity contribution in [1.82, 2.24) is 0 Å². The predicted molar refractivity (Wildman–Crippen MR) is 68.3 cm³/mol. The number of halogens is 1. The molecule has 0 heterocycles. The highest BCUT2D eigenvalue weighted by Crippen LogP contribution is 2.42. The average molecular weight is 303 g/mol. The first-order chi connectivity index (χ1) is 7.93. The largest absolute Gasteiger partial charge is 0.493 e. The molecular weight excluding hydrogens is 288 g/mol. The van der Waals surface area contributed by atoms with Gasteiger partial charge in [-0.25, -0.2) is 4.79 Å². The molecule has 0 aliphatic heterocycles. The summed E-state index contributed by atoms with van der Waals surface area (Å²) in [5.74, 6) is 0.00742. The number of benzene rings is 1. The van der Waals surface area contributed by atoms with Crippen LogP contribution in [0.4, 0.5) is 0 Å². The van der Waals surface area contributed by atoms with Crippen LogP contribution >= 0.6 is 15.9 Å². The molecule has 17 heavy (non-hydrogen) atoms. The summed E-state index contributed by atoms with van der Waals surface area (Å²) in [6.07, 6.45) is 0. The van der Waals surface area contributed by atoms with Gasteiger partial charge in [-0.1, -0.05) is 13.8 Å². The van der Waals surface area contributed by atoms with Gasteiger partial charge in [0.2, 0.25) is 0 Å². The molecule has 5 heteroatoms. The molecule has 0 unspecified atom stereocenters. The van der Waals surface area contributed by atoms with Gasteiger partial charge in [0.05, 0.1) is 24.3 Å². The third kappa shape index (κ3) is 2.54. The number of hydrogen-bond acceptors (Lipinski definition) is 3. The van der Waals surface area contributed by atoms with Crippen molar-refractivity contribution in [3.05, 3.63) is 21.7 Å². The molecule has 0 aliphatic rings. The highest BCUT2D eigenvalue weighted by atomic mass is 79.9. The van der Waals surface area contributed by atoms with Crippen molar-refractivity contribution in [3.63, 3.8) is 0 Å². The topological polar surface area (TPSA) is 55.8 Å². The van der Waals surface area contributed by atoms with Gasteiger partial charge in [-0.05, 0) is 33.5 Å². The molecule has 1 aromatic carbocycles. The lowest BCUT2D eigenvalue weighted by Crippen LogP contribution is -2.07. The van der Waals surface area contributed by atoms with E-state index in [4.69, 9.17) is 9.47 Å². The van der Waals surface area contributed by atoms with Gasteiger partial charge in [0, 0.05) is 0 Å². The number of rotatable bonds is 4. The Hall–Kier alpha value is -1.23. The van der Waals surface area contributed by atoms with Gasteiger partial charge in [-0.15, -0.1) is 0 Å². The van der Waals surface area contributed by atoms with Gasteiger partial charge in [-0.3, -0.25) is 0 Å². The van der Waals surface area contributed by atoms with Gasteiger partial charge in [0.15, 0.2) is 11.5 Å². The molecular formula is C12H15BrO4. The van der Waals surface area contributed by atoms with Gasteiger partial charge >= 0.3 is 5.97 Å². The van der Waals surface area contributed by atoms with Gasteiger partial charge in [0.1, 0.15) is 0 Å². The number of ether oxygens (including phenoxy) is 2. The minimum atomic E-state index is -0.977. The van der Waals surface area contributed by atoms with Crippen molar-refractivity contribution in [1.29, 1.82) is 0 Å². The van der Waals surface area contributed by atoms with Crippen LogP contribution in [0, 0.1) is 0 Å². The summed E-state index contributed by atoms with van der Waals surface area (Å²) in [7, 11) is 3.00. The zero-order valence-corrected chi connectivity index (χ0v) is 11.8. The van der Waals surface area contributed by atoms with E-state index >= 15 is 0 Å². The maximum absolute atomic E-state index is 11.2. The van der Waals surface area contributed by atoms with Crippen LogP contribution in [0.15, 0.2) is 10.5 Å². The molecule has 0 radical (unpaired) electrons. The van der Waals surface area contributed by atoms with Crippen molar-refractivity contribution in [3.8, 4) is 11.5 Å². The smallest absolute Gasteiger partial charge is 0.336 e. The van der Waals surface area contributed by atoms with Crippen LogP contribution in [0.3, 0.4) is 0 Å². The summed E-state index contributed by atoms with van der Waals surface area (Å²) in [4.78, 5) is 11.2. The molecule has 0 fully saturated rings. The second-order valence-electron chi connectivity index (χ2n) is 3.85. The van der Waals surface area contributed by atoms with Crippen LogP contribution in [0.5, 0.6) is 11.5 Å². The standard InChI is InChI=1S/C12H15BrO4/c1-6(2)9-7(12(14)15)5-8(16-3)11(17-4)10(9)13/h5-6H,1-4H3,(H,14,15). The lowest BCUT2D eigenvalue weighted by Gasteiger charge is -2.18. The summed E-state index contributed by atoms with van der Waals surface area (Å²) in [6, 6.07) is 1.49. The molecule has 1 N–H and O–H groups in total. The fraction of sp³-hybridized carbons (Fsp3) is 0.417. The highest BCUT2D eigenvalue weighted by molar-refractivity contribution is 9.10. The first-order valence-corrected chi connectivity index (χ1v) is 5.91. The Bertz CT molecular complexity index is 441. The fourth-order valence-electron chi connectivity index (χ4n) is 1.71. The number of carbonyl (C=O) groups is 1. The molecule has 1 rings (SSSR count). The van der Waals surface area contributed by atoms with E-state index in [0.29, 0.717) is 21.5 Å². The number of hydrogen-bond donors (Lipinski definition) is 1. The minimum Gasteiger partial charge on any atom is -0.493 e. The molecule has 94 valence electrons. The normalized spacial score (nSPS) is 10.5. The molecule has 0 bridgehead atoms. The van der Waals surface area contributed by atoms with Crippen molar-refractivity contribution in [2.45, 2.75) is 19.8 Å². The summed E-state index contributed by atoms with van der Waals surface area (Å²) in [6.45, 7) is 3.86. The number of carboxylic acid groups (broad SMARTS) is 1. The number of aromatic carboxylic acids is 1. The molecule has 0 saturated carbocycles. The van der Waals surface area contributed by atoms with Crippen LogP contribution in [0.2, 0.25) is 0 Å². The van der Waals surface area contributed by atoms with Crippen LogP contribution in [-0.4, -0.2) is 25.3 Å². The van der Waals surface area contributed by atoms with Crippen LogP contribution < -0.4 is 9.47 Å². The van der Waals surface area contributed by atoms with Gasteiger partial charge < -0.3 is 14.6 Å². The van der Waals surface area contributed by atoms with E-state index in [-0.39, 0.29) is 11.5 Å². The second-order valence-corrected chi connectivity index (χ2v) is 4.64. The summed E-state index contributed by atoms with van der Waals surface area (Å²) in [5, 5.41) is 9.21. The van der Waals surface area contributed by atoms with Gasteiger partial charge in [-0.2, -0.15) is 0 Å². The number of methoxy groups -OCH3 is 2. The lowest BCUT2D eigenvalue weighted by atomic mass is 9.96. The Morgan fingerprint density at radius 1 is 1.35 bits per heavy atom. The van der Waals surface area contributed by atoms with E-state index in [2.05, 4.69) is 15.9 Å². The predicted octanol–water partition coefficient (Wildman–Crippen LogP) is 3.29. The SMILES string of the molecule is COc1cc(C(=O)O)c(C(C)C)c(Br)c1OC. The Morgan fingerprint density at radius 3 is 2.29 bits per heavy atom. The molecule has 0 aromatic heterocycles. The van der Waals surface area contributed by atoms with Crippen LogP contribution in [0.25, 0.3) is 0 Å². The van der Waals surface area contributed by atoms with Gasteiger partial charge in [0.25, 0.3) is 0 Å². The third-order valence-electron chi connectivity index (χ3n) is 2.46. The molecule has 1 aromatic rings. The van der Waals surface area contributed by atoms with Crippen LogP contribution in [-0.2, 0) is 0 Å². The molecule has 0 atom stereocenters. The van der Waals surface area contributed by atoms with Crippen molar-refractivity contribution < 1.29 is 19.4 Å². The Morgan fingerprint density at radius 2 is 1.94 bits per heavy atom. The Kier molecular flexibility index (Phi) is 4.40. The summed E-state index contributed by atoms with van der Waals surface area (Å²) in [5.41, 5.74) is 0.930. The number of carboxylic acids is 1. The zero-order chi connectivity index (χ0) is 13.2. The van der Waals surface area contributed by atoms with Crippen LogP contribution in [0.1, 0.15) is 35.7 Å². The zero-order valence-electron chi connectivity index (χ0n) is 10.2. The van der Waals surface area contributed by atoms with E-state index in [9.17, 15) is 9.90 Å². The Labute approximate surface area is 109 Å². The molecule has 0 spiro atoms. The molecule has 4 nitrogen and oxygen atoms in total. The second kappa shape index (κ2) is 5.40. The highest BCUT2D eigenvalue weighted by Gasteiger charge is 2.23. The van der Waals surface area contributed by atoms with E-state index in [1.165, 1.54) is 20.3 Å². The summed E-state index contributed by atoms with van der Waals surface area (Å²) < 4.78 is 11.0. The fourth-order valence-corrected chi connectivity index (χ4v) is 2.74. The van der Waals surface area contributed by atoms with E-state index in [1.807, 2.05) is 13.8 Å². The first-order valence-electron chi connectivity index (χ1n) is 5.11. The first kappa shape index (κ1) is 13.8. The van der Waals surface area contributed by atoms with E-state index in [0.717, 1.165) is 0 Å². The average Bonchev–Trinajstić information content (AvgIpc) is 2.26. The third-order valence-corrected chi connectivity index (χ3v) is 3.24. The van der Waals surface area contributed by atoms with Crippen molar-refractivity contribution >= 4 is 21.9 Å². The van der Waals surface area contributed by atoms with Crippen molar-refractivity contribution in [2.24, 2.45) is 0 Å². The van der Waals surface area contributed by atoms with E-state index < -0.39 is 5.97 Å².